The predicted octanol–water partition coefficient (Wildman–Crippen LogP) is 5.19. The lowest BCUT2D eigenvalue weighted by molar-refractivity contribution is -0.359. The van der Waals surface area contributed by atoms with Crippen LogP contribution in [0.3, 0.4) is 0 Å². The number of carbonyl (C=O) groups is 3. The molecule has 0 spiro atoms. The first-order valence-corrected chi connectivity index (χ1v) is 20.5. The Labute approximate surface area is 355 Å². The van der Waals surface area contributed by atoms with Crippen LogP contribution in [0, 0.1) is 0 Å². The number of esters is 2. The first-order valence-electron chi connectivity index (χ1n) is 20.5. The summed E-state index contributed by atoms with van der Waals surface area (Å²) >= 11 is 0. The van der Waals surface area contributed by atoms with E-state index >= 15 is 0 Å². The molecule has 4 aromatic rings. The Kier molecular flexibility index (Phi) is 16.0. The molecule has 324 valence electrons. The molecule has 0 aliphatic carbocycles. The quantitative estimate of drug-likeness (QED) is 0.156. The summed E-state index contributed by atoms with van der Waals surface area (Å²) in [5.74, 6) is -1.71. The van der Waals surface area contributed by atoms with E-state index in [9.17, 15) is 14.4 Å². The van der Waals surface area contributed by atoms with Crippen molar-refractivity contribution in [2.45, 2.75) is 108 Å². The van der Waals surface area contributed by atoms with E-state index in [1.54, 1.807) is 0 Å². The van der Waals surface area contributed by atoms with Crippen LogP contribution in [0.5, 0.6) is 0 Å². The molecule has 3 aliphatic heterocycles. The van der Waals surface area contributed by atoms with E-state index in [1.807, 2.05) is 121 Å². The first-order chi connectivity index (χ1) is 29.8. The van der Waals surface area contributed by atoms with Gasteiger partial charge < -0.3 is 52.7 Å². The Balaban J connectivity index is 1.28. The SMILES string of the molecule is CO[C@H]1O[C@@H]2COC(=O)CCC(=O)O[C@H]3[C@@H](O[C@H]2[C@H](OCc2ccccc2)[C@H]1NC(C)=O)O[C@H](COCc1ccccc1)[C@@H](OCc1ccccc1)[C@@H]3OCc1ccccc1. The number of amides is 1. The summed E-state index contributed by atoms with van der Waals surface area (Å²) in [6, 6.07) is 37.6. The van der Waals surface area contributed by atoms with E-state index in [0.29, 0.717) is 0 Å². The number of carbonyl (C=O) groups excluding carboxylic acids is 3. The molecule has 0 bridgehead atoms. The van der Waals surface area contributed by atoms with E-state index in [2.05, 4.69) is 5.32 Å². The van der Waals surface area contributed by atoms with Gasteiger partial charge in [0.05, 0.1) is 45.9 Å². The van der Waals surface area contributed by atoms with Gasteiger partial charge in [0, 0.05) is 14.0 Å². The maximum atomic E-state index is 13.7. The molecular weight excluding hydrogens is 787 g/mol. The number of nitrogens with one attached hydrogen (secondary N) is 1. The lowest BCUT2D eigenvalue weighted by Crippen LogP contribution is -2.68. The third-order valence-corrected chi connectivity index (χ3v) is 10.6. The van der Waals surface area contributed by atoms with Gasteiger partial charge >= 0.3 is 11.9 Å². The minimum atomic E-state index is -1.34. The standard InChI is InChI=1S/C47H53NO13/c1-31(49)48-40-43(56-27-34-19-11-5-12-20-34)42-37(58-46(40)52-2)30-54-38(50)23-24-39(51)60-45-44(57-28-35-21-13-6-14-22-35)41(55-26-33-17-9-4-10-18-33)36(59-47(45)61-42)29-53-25-32-15-7-3-8-16-32/h3-22,36-37,40-47H,23-30H2,1-2H3,(H,48,49)/t36-,37-,40-,41-,42-,43-,44+,45-,46+,47-/m1/s1. The van der Waals surface area contributed by atoms with Crippen LogP contribution in [-0.2, 0) is 88.2 Å². The number of hydrogen-bond acceptors (Lipinski definition) is 13. The molecule has 0 aromatic heterocycles. The molecule has 0 radical (unpaired) electrons. The fraction of sp³-hybridized carbons (Fsp3) is 0.426. The average Bonchev–Trinajstić information content (AvgIpc) is 3.28. The maximum Gasteiger partial charge on any atom is 0.306 e. The second kappa shape index (κ2) is 22.2. The van der Waals surface area contributed by atoms with Gasteiger partial charge in [-0.3, -0.25) is 14.4 Å². The molecule has 3 aliphatic rings. The third-order valence-electron chi connectivity index (χ3n) is 10.6. The van der Waals surface area contributed by atoms with Crippen molar-refractivity contribution >= 4 is 17.8 Å². The van der Waals surface area contributed by atoms with Gasteiger partial charge in [-0.15, -0.1) is 0 Å². The highest BCUT2D eigenvalue weighted by atomic mass is 16.8. The van der Waals surface area contributed by atoms with Crippen molar-refractivity contribution in [1.82, 2.24) is 5.32 Å². The van der Waals surface area contributed by atoms with E-state index in [4.69, 9.17) is 47.4 Å². The Hall–Kier alpha value is -5.03. The van der Waals surface area contributed by atoms with Crippen LogP contribution in [0.4, 0.5) is 0 Å². The first kappa shape index (κ1) is 44.0. The molecule has 3 saturated heterocycles. The van der Waals surface area contributed by atoms with Crippen LogP contribution in [0.2, 0.25) is 0 Å². The van der Waals surface area contributed by atoms with Crippen LogP contribution < -0.4 is 5.32 Å². The maximum absolute atomic E-state index is 13.7. The number of benzene rings is 4. The van der Waals surface area contributed by atoms with Crippen molar-refractivity contribution in [2.24, 2.45) is 0 Å². The lowest BCUT2D eigenvalue weighted by atomic mass is 9.94. The molecule has 0 saturated carbocycles. The van der Waals surface area contributed by atoms with Gasteiger partial charge in [-0.2, -0.15) is 0 Å². The monoisotopic (exact) mass is 839 g/mol. The Morgan fingerprint density at radius 2 is 1.13 bits per heavy atom. The zero-order valence-corrected chi connectivity index (χ0v) is 34.3. The largest absolute Gasteiger partial charge is 0.463 e. The molecule has 1 amide bonds. The van der Waals surface area contributed by atoms with Crippen LogP contribution in [0.15, 0.2) is 121 Å². The van der Waals surface area contributed by atoms with Crippen molar-refractivity contribution in [2.75, 3.05) is 20.3 Å². The van der Waals surface area contributed by atoms with Crippen molar-refractivity contribution < 1.29 is 61.8 Å². The molecule has 14 heteroatoms. The molecule has 7 rings (SSSR count). The van der Waals surface area contributed by atoms with E-state index in [0.717, 1.165) is 22.3 Å². The molecule has 61 heavy (non-hydrogen) atoms. The molecule has 10 atom stereocenters. The van der Waals surface area contributed by atoms with Crippen molar-refractivity contribution in [1.29, 1.82) is 0 Å². The van der Waals surface area contributed by atoms with Gasteiger partial charge in [0.15, 0.2) is 18.7 Å². The number of hydrogen-bond donors (Lipinski definition) is 1. The summed E-state index contributed by atoms with van der Waals surface area (Å²) in [4.78, 5) is 39.5. The van der Waals surface area contributed by atoms with Crippen LogP contribution >= 0.6 is 0 Å². The molecule has 1 N–H and O–H groups in total. The summed E-state index contributed by atoms with van der Waals surface area (Å²) < 4.78 is 64.3. The van der Waals surface area contributed by atoms with E-state index in [1.165, 1.54) is 14.0 Å². The van der Waals surface area contributed by atoms with Gasteiger partial charge in [-0.05, 0) is 22.3 Å². The summed E-state index contributed by atoms with van der Waals surface area (Å²) in [7, 11) is 1.44. The highest BCUT2D eigenvalue weighted by Gasteiger charge is 2.55. The van der Waals surface area contributed by atoms with Gasteiger partial charge in [-0.1, -0.05) is 121 Å². The molecule has 4 aromatic carbocycles. The van der Waals surface area contributed by atoms with Gasteiger partial charge in [0.2, 0.25) is 5.91 Å². The zero-order chi connectivity index (χ0) is 42.4. The minimum Gasteiger partial charge on any atom is -0.463 e. The Bertz CT molecular complexity index is 1960. The van der Waals surface area contributed by atoms with Crippen molar-refractivity contribution in [3.63, 3.8) is 0 Å². The number of cyclic esters (lactones) is 1. The highest BCUT2D eigenvalue weighted by molar-refractivity contribution is 5.77. The number of ether oxygens (including phenoxy) is 10. The minimum absolute atomic E-state index is 0.0382. The molecule has 0 unspecified atom stereocenters. The van der Waals surface area contributed by atoms with Crippen molar-refractivity contribution in [3.05, 3.63) is 144 Å². The average molecular weight is 840 g/mol. The van der Waals surface area contributed by atoms with Gasteiger partial charge in [0.1, 0.15) is 49.3 Å². The van der Waals surface area contributed by atoms with Crippen LogP contribution in [0.1, 0.15) is 42.0 Å². The predicted molar refractivity (Wildman–Crippen MR) is 218 cm³/mol. The summed E-state index contributed by atoms with van der Waals surface area (Å²) in [5, 5.41) is 2.92. The summed E-state index contributed by atoms with van der Waals surface area (Å²) in [6.45, 7) is 1.83. The zero-order valence-electron chi connectivity index (χ0n) is 34.3. The van der Waals surface area contributed by atoms with E-state index in [-0.39, 0.29) is 58.4 Å². The van der Waals surface area contributed by atoms with Crippen LogP contribution in [-0.4, -0.2) is 99.5 Å². The number of rotatable bonds is 15. The van der Waals surface area contributed by atoms with Crippen LogP contribution in [0.25, 0.3) is 0 Å². The Morgan fingerprint density at radius 3 is 1.67 bits per heavy atom. The molecule has 3 fully saturated rings. The molecular formula is C47H53NO13. The number of fused-ring (bicyclic) bond motifs is 2. The second-order valence-corrected chi connectivity index (χ2v) is 15.1. The van der Waals surface area contributed by atoms with E-state index < -0.39 is 73.3 Å². The molecule has 3 heterocycles. The topological polar surface area (TPSA) is 156 Å². The normalized spacial score (nSPS) is 28.2. The van der Waals surface area contributed by atoms with Gasteiger partial charge in [-0.25, -0.2) is 0 Å². The van der Waals surface area contributed by atoms with Gasteiger partial charge in [0.25, 0.3) is 0 Å². The molecule has 14 nitrogen and oxygen atoms in total. The number of methoxy groups -OCH3 is 1. The second-order valence-electron chi connectivity index (χ2n) is 15.1. The smallest absolute Gasteiger partial charge is 0.306 e. The Morgan fingerprint density at radius 1 is 0.623 bits per heavy atom. The lowest BCUT2D eigenvalue weighted by Gasteiger charge is -2.50. The third kappa shape index (κ3) is 12.3. The summed E-state index contributed by atoms with van der Waals surface area (Å²) in [6.07, 6.45) is -9.90. The highest BCUT2D eigenvalue weighted by Crippen LogP contribution is 2.36. The van der Waals surface area contributed by atoms with Crippen molar-refractivity contribution in [3.8, 4) is 0 Å². The fourth-order valence-electron chi connectivity index (χ4n) is 7.61. The fourth-order valence-corrected chi connectivity index (χ4v) is 7.61. The summed E-state index contributed by atoms with van der Waals surface area (Å²) in [5.41, 5.74) is 3.58.